The zero-order valence-corrected chi connectivity index (χ0v) is 16.0. The van der Waals surface area contributed by atoms with Gasteiger partial charge in [-0.05, 0) is 0 Å². The molecule has 0 saturated carbocycles. The number of hydrogen-bond acceptors (Lipinski definition) is 0. The molecule has 0 radical (unpaired) electrons. The molecule has 1 aromatic carbocycles. The van der Waals surface area contributed by atoms with Crippen LogP contribution in [0.2, 0.25) is 0 Å². The fraction of sp³-hybridized carbons (Fsp3) is 0.667. The summed E-state index contributed by atoms with van der Waals surface area (Å²) in [6.45, 7) is 15.4. The van der Waals surface area contributed by atoms with E-state index >= 15 is 0 Å². The zero-order chi connectivity index (χ0) is 14.7. The van der Waals surface area contributed by atoms with Crippen LogP contribution in [0.1, 0.15) is 40.5 Å². The van der Waals surface area contributed by atoms with Gasteiger partial charge in [-0.25, -0.2) is 0 Å². The Morgan fingerprint density at radius 1 is 0.700 bits per heavy atom. The van der Waals surface area contributed by atoms with E-state index in [1.165, 1.54) is 12.8 Å². The van der Waals surface area contributed by atoms with Crippen molar-refractivity contribution in [1.82, 2.24) is 0 Å². The third-order valence-electron chi connectivity index (χ3n) is 7.60. The first-order chi connectivity index (χ1) is 9.32. The van der Waals surface area contributed by atoms with Gasteiger partial charge in [0.1, 0.15) is 0 Å². The molecular weight excluding hydrogens is 278 g/mol. The van der Waals surface area contributed by atoms with Crippen molar-refractivity contribution in [3.8, 4) is 0 Å². The Bertz CT molecular complexity index is 459. The molecule has 0 aliphatic carbocycles. The monoisotopic (exact) mass is 310 g/mol. The predicted octanol–water partition coefficient (Wildman–Crippen LogP) is 4.06. The summed E-state index contributed by atoms with van der Waals surface area (Å²) in [5.74, 6) is 0. The molecule has 0 bridgehead atoms. The fourth-order valence-electron chi connectivity index (χ4n) is 5.17. The van der Waals surface area contributed by atoms with Crippen LogP contribution in [0.5, 0.6) is 0 Å². The van der Waals surface area contributed by atoms with Gasteiger partial charge in [0.05, 0.1) is 0 Å². The van der Waals surface area contributed by atoms with Crippen LogP contribution in [-0.4, -0.2) is 36.0 Å². The molecular formula is C18H32P2. The zero-order valence-electron chi connectivity index (χ0n) is 14.0. The quantitative estimate of drug-likeness (QED) is 0.723. The van der Waals surface area contributed by atoms with Crippen LogP contribution >= 0.6 is 14.5 Å². The van der Waals surface area contributed by atoms with E-state index in [0.29, 0.717) is 0 Å². The maximum atomic E-state index is 2.66. The Hall–Kier alpha value is 0.0800. The molecule has 0 nitrogen and oxygen atoms in total. The summed E-state index contributed by atoms with van der Waals surface area (Å²) in [7, 11) is -2.48. The van der Waals surface area contributed by atoms with Crippen molar-refractivity contribution in [3.63, 3.8) is 0 Å². The molecule has 2 heterocycles. The van der Waals surface area contributed by atoms with E-state index in [-0.39, 0.29) is 0 Å². The van der Waals surface area contributed by atoms with Gasteiger partial charge in [-0.2, -0.15) is 0 Å². The summed E-state index contributed by atoms with van der Waals surface area (Å²) in [5.41, 5.74) is 3.90. The van der Waals surface area contributed by atoms with Gasteiger partial charge in [0.2, 0.25) is 0 Å². The molecule has 2 saturated heterocycles. The van der Waals surface area contributed by atoms with Gasteiger partial charge >= 0.3 is 126 Å². The molecule has 2 aliphatic rings. The molecule has 3 rings (SSSR count). The predicted molar refractivity (Wildman–Crippen MR) is 101 cm³/mol. The topological polar surface area (TPSA) is 0 Å². The van der Waals surface area contributed by atoms with Gasteiger partial charge in [-0.3, -0.25) is 0 Å². The van der Waals surface area contributed by atoms with Crippen LogP contribution in [0, 0.1) is 0 Å². The number of rotatable bonds is 2. The summed E-state index contributed by atoms with van der Waals surface area (Å²) in [6, 6.07) is 9.65. The summed E-state index contributed by atoms with van der Waals surface area (Å²) in [5, 5.41) is 3.69. The summed E-state index contributed by atoms with van der Waals surface area (Å²) in [4.78, 5) is 0. The van der Waals surface area contributed by atoms with Crippen LogP contribution in [0.4, 0.5) is 0 Å². The van der Waals surface area contributed by atoms with Crippen molar-refractivity contribution in [2.75, 3.05) is 13.3 Å². The second-order valence-electron chi connectivity index (χ2n) is 8.19. The average molecular weight is 310 g/mol. The second-order valence-corrected chi connectivity index (χ2v) is 18.3. The van der Waals surface area contributed by atoms with E-state index in [0.717, 1.165) is 22.6 Å². The first-order valence-corrected chi connectivity index (χ1v) is 13.7. The molecule has 2 fully saturated rings. The van der Waals surface area contributed by atoms with Gasteiger partial charge in [0.15, 0.2) is 0 Å². The average Bonchev–Trinajstić information content (AvgIpc) is 2.46. The van der Waals surface area contributed by atoms with E-state index in [4.69, 9.17) is 0 Å². The third kappa shape index (κ3) is 1.74. The molecule has 2 heteroatoms. The van der Waals surface area contributed by atoms with Gasteiger partial charge in [0, 0.05) is 0 Å². The molecule has 0 N–H and O–H groups in total. The Kier molecular flexibility index (Phi) is 3.59. The number of benzene rings is 1. The normalized spacial score (nSPS) is 41.1. The standard InChI is InChI=1S/C18H32P2/c1-13-11-14(2)19(13,5)17-9-7-8-10-18(17)20(6)15(3)12-16(20)4/h7-10,13-16,19-20H,11-12H2,1-6H3/t13-,14+,15-,16+. The molecule has 1 aromatic rings. The Balaban J connectivity index is 2.11. The molecule has 0 aromatic heterocycles. The molecule has 114 valence electrons. The van der Waals surface area contributed by atoms with Crippen molar-refractivity contribution in [1.29, 1.82) is 0 Å². The van der Waals surface area contributed by atoms with E-state index in [2.05, 4.69) is 65.3 Å². The van der Waals surface area contributed by atoms with Gasteiger partial charge in [-0.1, -0.05) is 0 Å². The van der Waals surface area contributed by atoms with Gasteiger partial charge in [-0.15, -0.1) is 0 Å². The van der Waals surface area contributed by atoms with E-state index < -0.39 is 14.5 Å². The van der Waals surface area contributed by atoms with Crippen molar-refractivity contribution < 1.29 is 0 Å². The van der Waals surface area contributed by atoms with Crippen LogP contribution in [0.25, 0.3) is 0 Å². The van der Waals surface area contributed by atoms with Crippen molar-refractivity contribution in [3.05, 3.63) is 24.3 Å². The Morgan fingerprint density at radius 3 is 1.25 bits per heavy atom. The molecule has 0 unspecified atom stereocenters. The Labute approximate surface area is 126 Å². The molecule has 0 spiro atoms. The fourth-order valence-corrected chi connectivity index (χ4v) is 15.6. The summed E-state index contributed by atoms with van der Waals surface area (Å²) < 4.78 is 0. The second kappa shape index (κ2) is 4.79. The van der Waals surface area contributed by atoms with Crippen molar-refractivity contribution >= 4 is 25.1 Å². The van der Waals surface area contributed by atoms with Crippen molar-refractivity contribution in [2.24, 2.45) is 0 Å². The van der Waals surface area contributed by atoms with Crippen LogP contribution in [-0.2, 0) is 0 Å². The van der Waals surface area contributed by atoms with Crippen LogP contribution < -0.4 is 10.6 Å². The number of hydrogen-bond donors (Lipinski definition) is 0. The van der Waals surface area contributed by atoms with E-state index in [9.17, 15) is 0 Å². The SMILES string of the molecule is C[C@@H]1C[C@H](C)[PH]1(C)c1ccccc1[PH]1(C)[C@H](C)C[C@@H]1C. The first kappa shape index (κ1) is 15.0. The van der Waals surface area contributed by atoms with Crippen LogP contribution in [0.15, 0.2) is 24.3 Å². The van der Waals surface area contributed by atoms with Crippen LogP contribution in [0.3, 0.4) is 0 Å². The Morgan fingerprint density at radius 2 is 1.00 bits per heavy atom. The molecule has 0 amide bonds. The summed E-state index contributed by atoms with van der Waals surface area (Å²) >= 11 is 0. The minimum absolute atomic E-state index is 0.974. The minimum atomic E-state index is -1.24. The van der Waals surface area contributed by atoms with Gasteiger partial charge in [0.25, 0.3) is 0 Å². The summed E-state index contributed by atoms with van der Waals surface area (Å²) in [6.07, 6.45) is 2.92. The molecule has 20 heavy (non-hydrogen) atoms. The molecule has 4 atom stereocenters. The van der Waals surface area contributed by atoms with Crippen molar-refractivity contribution in [2.45, 2.75) is 63.2 Å². The molecule has 2 aliphatic heterocycles. The van der Waals surface area contributed by atoms with E-state index in [1.807, 2.05) is 10.6 Å². The first-order valence-electron chi connectivity index (χ1n) is 8.42. The van der Waals surface area contributed by atoms with E-state index in [1.54, 1.807) is 0 Å². The van der Waals surface area contributed by atoms with Gasteiger partial charge < -0.3 is 0 Å². The third-order valence-corrected chi connectivity index (χ3v) is 20.2. The maximum absolute atomic E-state index is 2.66.